The Morgan fingerprint density at radius 1 is 1.39 bits per heavy atom. The number of pyridine rings is 1. The van der Waals surface area contributed by atoms with E-state index in [2.05, 4.69) is 21.7 Å². The highest BCUT2D eigenvalue weighted by Crippen LogP contribution is 2.23. The highest BCUT2D eigenvalue weighted by molar-refractivity contribution is 7.09. The highest BCUT2D eigenvalue weighted by atomic mass is 32.1. The summed E-state index contributed by atoms with van der Waals surface area (Å²) in [7, 11) is 0. The third-order valence-corrected chi connectivity index (χ3v) is 5.66. The zero-order valence-corrected chi connectivity index (χ0v) is 18.7. The van der Waals surface area contributed by atoms with Gasteiger partial charge in [0.15, 0.2) is 5.69 Å². The number of amides is 2. The molecule has 0 aliphatic carbocycles. The maximum Gasteiger partial charge on any atom is 0.408 e. The van der Waals surface area contributed by atoms with Crippen LogP contribution in [0.1, 0.15) is 37.8 Å². The Morgan fingerprint density at radius 3 is 2.87 bits per heavy atom. The minimum Gasteiger partial charge on any atom is -0.444 e. The molecular formula is C22H27N5O3S. The summed E-state index contributed by atoms with van der Waals surface area (Å²) in [5.74, 6) is -0.252. The van der Waals surface area contributed by atoms with Crippen molar-refractivity contribution >= 4 is 29.0 Å². The first-order valence-electron chi connectivity index (χ1n) is 10.2. The number of hydrogen-bond donors (Lipinski definition) is 2. The summed E-state index contributed by atoms with van der Waals surface area (Å²) in [6.07, 6.45) is 2.10. The number of nitriles is 1. The molecule has 1 fully saturated rings. The Labute approximate surface area is 186 Å². The van der Waals surface area contributed by atoms with Crippen LogP contribution in [0.25, 0.3) is 0 Å². The molecule has 2 aromatic rings. The van der Waals surface area contributed by atoms with Crippen LogP contribution in [0.4, 0.5) is 10.5 Å². The van der Waals surface area contributed by atoms with Crippen LogP contribution in [0.15, 0.2) is 35.8 Å². The molecule has 0 saturated carbocycles. The van der Waals surface area contributed by atoms with E-state index in [1.54, 1.807) is 33.0 Å². The van der Waals surface area contributed by atoms with Crippen LogP contribution in [0.3, 0.4) is 0 Å². The molecule has 0 bridgehead atoms. The quantitative estimate of drug-likeness (QED) is 0.714. The first-order chi connectivity index (χ1) is 14.7. The van der Waals surface area contributed by atoms with Crippen molar-refractivity contribution in [2.24, 2.45) is 0 Å². The number of nitrogens with one attached hydrogen (secondary N) is 2. The molecule has 8 nitrogen and oxygen atoms in total. The molecule has 3 rings (SSSR count). The normalized spacial score (nSPS) is 17.0. The number of nitrogens with zero attached hydrogens (tertiary/aromatic N) is 3. The second-order valence-corrected chi connectivity index (χ2v) is 9.44. The Balaban J connectivity index is 1.64. The monoisotopic (exact) mass is 441 g/mol. The van der Waals surface area contributed by atoms with Gasteiger partial charge in [-0.3, -0.25) is 4.79 Å². The van der Waals surface area contributed by atoms with E-state index in [0.29, 0.717) is 25.2 Å². The van der Waals surface area contributed by atoms with Gasteiger partial charge >= 0.3 is 6.09 Å². The first kappa shape index (κ1) is 22.6. The summed E-state index contributed by atoms with van der Waals surface area (Å²) in [4.78, 5) is 32.5. The van der Waals surface area contributed by atoms with Crippen LogP contribution in [0.5, 0.6) is 0 Å². The average molecular weight is 442 g/mol. The predicted octanol–water partition coefficient (Wildman–Crippen LogP) is 2.85. The Bertz CT molecular complexity index is 949. The molecule has 1 saturated heterocycles. The van der Waals surface area contributed by atoms with Crippen LogP contribution >= 0.6 is 11.3 Å². The van der Waals surface area contributed by atoms with Crippen LogP contribution < -0.4 is 15.5 Å². The molecule has 164 valence electrons. The maximum absolute atomic E-state index is 13.0. The van der Waals surface area contributed by atoms with Gasteiger partial charge in [-0.25, -0.2) is 9.78 Å². The minimum atomic E-state index is -0.740. The van der Waals surface area contributed by atoms with Crippen molar-refractivity contribution in [1.29, 1.82) is 5.26 Å². The lowest BCUT2D eigenvalue weighted by atomic mass is 10.1. The topological polar surface area (TPSA) is 107 Å². The molecule has 9 heteroatoms. The van der Waals surface area contributed by atoms with Crippen LogP contribution in [0, 0.1) is 11.3 Å². The van der Waals surface area contributed by atoms with E-state index in [4.69, 9.17) is 4.74 Å². The van der Waals surface area contributed by atoms with Crippen molar-refractivity contribution in [3.8, 4) is 6.07 Å². The van der Waals surface area contributed by atoms with Gasteiger partial charge in [-0.1, -0.05) is 6.07 Å². The number of anilines is 1. The predicted molar refractivity (Wildman–Crippen MR) is 119 cm³/mol. The van der Waals surface area contributed by atoms with Gasteiger partial charge in [-0.15, -0.1) is 11.3 Å². The fourth-order valence-electron chi connectivity index (χ4n) is 3.43. The second-order valence-electron chi connectivity index (χ2n) is 8.41. The molecule has 2 atom stereocenters. The molecule has 3 heterocycles. The fraction of sp³-hybridized carbons (Fsp3) is 0.455. The van der Waals surface area contributed by atoms with E-state index in [1.807, 2.05) is 28.5 Å². The lowest BCUT2D eigenvalue weighted by Gasteiger charge is -2.24. The summed E-state index contributed by atoms with van der Waals surface area (Å²) in [6, 6.07) is 8.78. The smallest absolute Gasteiger partial charge is 0.408 e. The van der Waals surface area contributed by atoms with Crippen LogP contribution in [-0.4, -0.2) is 47.8 Å². The maximum atomic E-state index is 13.0. The number of aromatic nitrogens is 1. The van der Waals surface area contributed by atoms with Gasteiger partial charge in [0.2, 0.25) is 5.91 Å². The van der Waals surface area contributed by atoms with Gasteiger partial charge in [0.05, 0.1) is 5.69 Å². The van der Waals surface area contributed by atoms with Crippen molar-refractivity contribution in [2.45, 2.75) is 51.3 Å². The van der Waals surface area contributed by atoms with Gasteiger partial charge in [0.25, 0.3) is 0 Å². The van der Waals surface area contributed by atoms with E-state index in [-0.39, 0.29) is 11.9 Å². The van der Waals surface area contributed by atoms with Gasteiger partial charge in [-0.05, 0) is 50.8 Å². The number of hydrogen-bond acceptors (Lipinski definition) is 7. The summed E-state index contributed by atoms with van der Waals surface area (Å²) in [5, 5.41) is 17.0. The van der Waals surface area contributed by atoms with E-state index >= 15 is 0 Å². The molecule has 31 heavy (non-hydrogen) atoms. The molecule has 1 aliphatic rings. The number of rotatable bonds is 6. The number of carbonyl (C=O) groups is 2. The second kappa shape index (κ2) is 9.79. The molecule has 0 unspecified atom stereocenters. The fourth-order valence-corrected chi connectivity index (χ4v) is 4.18. The van der Waals surface area contributed by atoms with E-state index in [1.165, 1.54) is 11.3 Å². The van der Waals surface area contributed by atoms with Crippen molar-refractivity contribution in [2.75, 3.05) is 18.0 Å². The van der Waals surface area contributed by atoms with Gasteiger partial charge < -0.3 is 20.3 Å². The van der Waals surface area contributed by atoms with E-state index in [0.717, 1.165) is 17.0 Å². The number of alkyl carbamates (subject to hydrolysis) is 1. The summed E-state index contributed by atoms with van der Waals surface area (Å²) in [6.45, 7) is 6.62. The van der Waals surface area contributed by atoms with Crippen molar-refractivity contribution in [3.63, 3.8) is 0 Å². The molecule has 0 radical (unpaired) electrons. The largest absolute Gasteiger partial charge is 0.444 e. The highest BCUT2D eigenvalue weighted by Gasteiger charge is 2.30. The standard InChI is InChI=1S/C22H27N5O3S/c1-22(2,3)30-21(29)26-17(12-16-6-5-11-31-16)20(28)25-15-8-10-27(14-15)19-7-4-9-24-18(19)13-23/h4-7,9,11,15,17H,8,10,12,14H2,1-3H3,(H,25,28)(H,26,29)/t15-,17-/m0/s1. The molecule has 2 N–H and O–H groups in total. The van der Waals surface area contributed by atoms with Crippen LogP contribution in [0.2, 0.25) is 0 Å². The zero-order chi connectivity index (χ0) is 22.4. The summed E-state index contributed by atoms with van der Waals surface area (Å²) >= 11 is 1.54. The average Bonchev–Trinajstić information content (AvgIpc) is 3.38. The van der Waals surface area contributed by atoms with E-state index in [9.17, 15) is 14.9 Å². The third kappa shape index (κ3) is 6.43. The van der Waals surface area contributed by atoms with E-state index < -0.39 is 17.7 Å². The SMILES string of the molecule is CC(C)(C)OC(=O)N[C@@H](Cc1cccs1)C(=O)N[C@H]1CCN(c2cccnc2C#N)C1. The Morgan fingerprint density at radius 2 is 2.19 bits per heavy atom. The third-order valence-electron chi connectivity index (χ3n) is 4.76. The molecule has 1 aliphatic heterocycles. The number of thiophene rings is 1. The first-order valence-corrected chi connectivity index (χ1v) is 11.1. The van der Waals surface area contributed by atoms with Gasteiger partial charge in [0.1, 0.15) is 17.7 Å². The van der Waals surface area contributed by atoms with Crippen molar-refractivity contribution in [1.82, 2.24) is 15.6 Å². The summed E-state index contributed by atoms with van der Waals surface area (Å²) in [5.41, 5.74) is 0.489. The molecular weight excluding hydrogens is 414 g/mol. The van der Waals surface area contributed by atoms with Crippen LogP contribution in [-0.2, 0) is 16.0 Å². The Kier molecular flexibility index (Phi) is 7.13. The van der Waals surface area contributed by atoms with Gasteiger partial charge in [0, 0.05) is 36.6 Å². The molecule has 2 aromatic heterocycles. The lowest BCUT2D eigenvalue weighted by Crippen LogP contribution is -2.52. The van der Waals surface area contributed by atoms with Crippen molar-refractivity contribution < 1.29 is 14.3 Å². The molecule has 2 amide bonds. The number of carbonyl (C=O) groups excluding carboxylic acids is 2. The Hall–Kier alpha value is -3.12. The molecule has 0 spiro atoms. The summed E-state index contributed by atoms with van der Waals surface area (Å²) < 4.78 is 5.34. The van der Waals surface area contributed by atoms with Gasteiger partial charge in [-0.2, -0.15) is 5.26 Å². The minimum absolute atomic E-state index is 0.0921. The zero-order valence-electron chi connectivity index (χ0n) is 17.9. The number of ether oxygens (including phenoxy) is 1. The van der Waals surface area contributed by atoms with Crippen molar-refractivity contribution in [3.05, 3.63) is 46.4 Å². The lowest BCUT2D eigenvalue weighted by molar-refractivity contribution is -0.123. The molecule has 0 aromatic carbocycles.